The van der Waals surface area contributed by atoms with E-state index in [1.807, 2.05) is 18.2 Å². The van der Waals surface area contributed by atoms with E-state index < -0.39 is 0 Å². The van der Waals surface area contributed by atoms with E-state index in [4.69, 9.17) is 0 Å². The lowest BCUT2D eigenvalue weighted by Crippen LogP contribution is -2.47. The summed E-state index contributed by atoms with van der Waals surface area (Å²) >= 11 is 0. The average Bonchev–Trinajstić information content (AvgIpc) is 2.82. The Kier molecular flexibility index (Phi) is 3.53. The van der Waals surface area contributed by atoms with Gasteiger partial charge in [-0.2, -0.15) is 0 Å². The standard InChI is InChI=1S/C15H20N2O2/c18-10-12-5-3-9-17(12)14-8-7-11-4-1-2-6-13(11)16-15(14)19/h1-2,4,6,12,14,18H,3,5,7-10H2,(H,16,19)/t12-,14?/m0/s1. The maximum absolute atomic E-state index is 12.4. The molecule has 1 amide bonds. The van der Waals surface area contributed by atoms with Gasteiger partial charge in [0.2, 0.25) is 5.91 Å². The zero-order valence-electron chi connectivity index (χ0n) is 11.0. The molecule has 0 radical (unpaired) electrons. The Labute approximate surface area is 113 Å². The van der Waals surface area contributed by atoms with E-state index in [2.05, 4.69) is 16.3 Å². The van der Waals surface area contributed by atoms with Gasteiger partial charge in [0, 0.05) is 11.7 Å². The van der Waals surface area contributed by atoms with E-state index in [1.165, 1.54) is 5.56 Å². The van der Waals surface area contributed by atoms with E-state index in [9.17, 15) is 9.90 Å². The summed E-state index contributed by atoms with van der Waals surface area (Å²) in [5.74, 6) is 0.0744. The van der Waals surface area contributed by atoms with Gasteiger partial charge < -0.3 is 10.4 Å². The number of carbonyl (C=O) groups is 1. The molecule has 0 saturated carbocycles. The van der Waals surface area contributed by atoms with Crippen molar-refractivity contribution in [3.63, 3.8) is 0 Å². The highest BCUT2D eigenvalue weighted by atomic mass is 16.3. The van der Waals surface area contributed by atoms with Crippen LogP contribution in [0.25, 0.3) is 0 Å². The molecule has 102 valence electrons. The lowest BCUT2D eigenvalue weighted by molar-refractivity contribution is -0.122. The Bertz CT molecular complexity index is 475. The van der Waals surface area contributed by atoms with Crippen LogP contribution in [0.1, 0.15) is 24.8 Å². The summed E-state index contributed by atoms with van der Waals surface area (Å²) in [7, 11) is 0. The fourth-order valence-corrected chi connectivity index (χ4v) is 3.28. The molecule has 2 aliphatic heterocycles. The first-order valence-corrected chi connectivity index (χ1v) is 7.05. The van der Waals surface area contributed by atoms with Crippen molar-refractivity contribution in [2.24, 2.45) is 0 Å². The van der Waals surface area contributed by atoms with Crippen molar-refractivity contribution >= 4 is 11.6 Å². The highest BCUT2D eigenvalue weighted by Crippen LogP contribution is 2.27. The van der Waals surface area contributed by atoms with Crippen LogP contribution in [0.4, 0.5) is 5.69 Å². The van der Waals surface area contributed by atoms with E-state index in [0.29, 0.717) is 0 Å². The van der Waals surface area contributed by atoms with Crippen LogP contribution >= 0.6 is 0 Å². The quantitative estimate of drug-likeness (QED) is 0.845. The average molecular weight is 260 g/mol. The number of fused-ring (bicyclic) bond motifs is 1. The number of rotatable bonds is 2. The first-order chi connectivity index (χ1) is 9.29. The second-order valence-corrected chi connectivity index (χ2v) is 5.42. The third-order valence-corrected chi connectivity index (χ3v) is 4.30. The topological polar surface area (TPSA) is 52.6 Å². The number of nitrogens with one attached hydrogen (secondary N) is 1. The number of para-hydroxylation sites is 1. The number of likely N-dealkylation sites (tertiary alicyclic amines) is 1. The van der Waals surface area contributed by atoms with Gasteiger partial charge in [-0.1, -0.05) is 18.2 Å². The molecule has 1 aromatic carbocycles. The van der Waals surface area contributed by atoms with Crippen LogP contribution < -0.4 is 5.32 Å². The smallest absolute Gasteiger partial charge is 0.241 e. The van der Waals surface area contributed by atoms with Crippen LogP contribution in [0.15, 0.2) is 24.3 Å². The Morgan fingerprint density at radius 1 is 1.32 bits per heavy atom. The summed E-state index contributed by atoms with van der Waals surface area (Å²) < 4.78 is 0. The van der Waals surface area contributed by atoms with Crippen molar-refractivity contribution in [2.75, 3.05) is 18.5 Å². The minimum absolute atomic E-state index is 0.0744. The molecule has 19 heavy (non-hydrogen) atoms. The van der Waals surface area contributed by atoms with Crippen molar-refractivity contribution in [3.05, 3.63) is 29.8 Å². The number of amides is 1. The second-order valence-electron chi connectivity index (χ2n) is 5.42. The summed E-state index contributed by atoms with van der Waals surface area (Å²) in [4.78, 5) is 14.6. The van der Waals surface area contributed by atoms with Crippen molar-refractivity contribution < 1.29 is 9.90 Å². The first kappa shape index (κ1) is 12.6. The summed E-state index contributed by atoms with van der Waals surface area (Å²) in [6.07, 6.45) is 3.81. The number of aliphatic hydroxyl groups excluding tert-OH is 1. The van der Waals surface area contributed by atoms with Gasteiger partial charge in [0.1, 0.15) is 0 Å². The largest absolute Gasteiger partial charge is 0.395 e. The molecule has 2 atom stereocenters. The van der Waals surface area contributed by atoms with Crippen molar-refractivity contribution in [1.29, 1.82) is 0 Å². The number of nitrogens with zero attached hydrogens (tertiary/aromatic N) is 1. The Balaban J connectivity index is 1.81. The maximum atomic E-state index is 12.4. The van der Waals surface area contributed by atoms with Gasteiger partial charge in [0.05, 0.1) is 12.6 Å². The number of anilines is 1. The molecule has 1 fully saturated rings. The van der Waals surface area contributed by atoms with Crippen LogP contribution in [-0.2, 0) is 11.2 Å². The second kappa shape index (κ2) is 5.31. The van der Waals surface area contributed by atoms with Crippen LogP contribution in [0.2, 0.25) is 0 Å². The highest BCUT2D eigenvalue weighted by molar-refractivity contribution is 5.96. The van der Waals surface area contributed by atoms with Gasteiger partial charge in [0.25, 0.3) is 0 Å². The Hall–Kier alpha value is -1.39. The maximum Gasteiger partial charge on any atom is 0.241 e. The molecule has 2 heterocycles. The number of benzene rings is 1. The summed E-state index contributed by atoms with van der Waals surface area (Å²) in [6, 6.07) is 8.04. The third-order valence-electron chi connectivity index (χ3n) is 4.30. The van der Waals surface area contributed by atoms with Crippen molar-refractivity contribution in [1.82, 2.24) is 4.90 Å². The van der Waals surface area contributed by atoms with Crippen LogP contribution in [0.5, 0.6) is 0 Å². The van der Waals surface area contributed by atoms with Crippen LogP contribution in [0.3, 0.4) is 0 Å². The molecule has 0 aromatic heterocycles. The predicted octanol–water partition coefficient (Wildman–Crippen LogP) is 1.40. The fourth-order valence-electron chi connectivity index (χ4n) is 3.28. The number of hydrogen-bond donors (Lipinski definition) is 2. The molecule has 2 N–H and O–H groups in total. The molecular weight excluding hydrogens is 240 g/mol. The van der Waals surface area contributed by atoms with Gasteiger partial charge >= 0.3 is 0 Å². The molecule has 0 aliphatic carbocycles. The molecule has 1 saturated heterocycles. The zero-order valence-corrected chi connectivity index (χ0v) is 11.0. The molecule has 0 bridgehead atoms. The normalized spacial score (nSPS) is 27.7. The first-order valence-electron chi connectivity index (χ1n) is 7.05. The number of carbonyl (C=O) groups excluding carboxylic acids is 1. The SMILES string of the molecule is O=C1Nc2ccccc2CCC1N1CCC[C@H]1CO. The summed E-state index contributed by atoms with van der Waals surface area (Å²) in [5.41, 5.74) is 2.15. The van der Waals surface area contributed by atoms with E-state index in [1.54, 1.807) is 0 Å². The number of aliphatic hydroxyl groups is 1. The van der Waals surface area contributed by atoms with Gasteiger partial charge in [-0.25, -0.2) is 0 Å². The number of aryl methyl sites for hydroxylation is 1. The lowest BCUT2D eigenvalue weighted by Gasteiger charge is -2.30. The van der Waals surface area contributed by atoms with Gasteiger partial charge in [-0.15, -0.1) is 0 Å². The highest BCUT2D eigenvalue weighted by Gasteiger charge is 2.35. The molecule has 1 aromatic rings. The summed E-state index contributed by atoms with van der Waals surface area (Å²) in [5, 5.41) is 12.5. The lowest BCUT2D eigenvalue weighted by atomic mass is 10.0. The molecule has 2 aliphatic rings. The fraction of sp³-hybridized carbons (Fsp3) is 0.533. The molecule has 4 nitrogen and oxygen atoms in total. The number of hydrogen-bond acceptors (Lipinski definition) is 3. The third kappa shape index (κ3) is 2.38. The molecular formula is C15H20N2O2. The molecule has 1 unspecified atom stereocenters. The molecule has 3 rings (SSSR count). The van der Waals surface area contributed by atoms with E-state index >= 15 is 0 Å². The Morgan fingerprint density at radius 3 is 3.00 bits per heavy atom. The predicted molar refractivity (Wildman–Crippen MR) is 74.0 cm³/mol. The van der Waals surface area contributed by atoms with E-state index in [0.717, 1.165) is 37.9 Å². The monoisotopic (exact) mass is 260 g/mol. The van der Waals surface area contributed by atoms with Gasteiger partial charge in [0.15, 0.2) is 0 Å². The van der Waals surface area contributed by atoms with Gasteiger partial charge in [-0.05, 0) is 43.9 Å². The van der Waals surface area contributed by atoms with Crippen LogP contribution in [0, 0.1) is 0 Å². The minimum atomic E-state index is -0.105. The van der Waals surface area contributed by atoms with Crippen molar-refractivity contribution in [3.8, 4) is 0 Å². The van der Waals surface area contributed by atoms with Crippen molar-refractivity contribution in [2.45, 2.75) is 37.8 Å². The van der Waals surface area contributed by atoms with Gasteiger partial charge in [-0.3, -0.25) is 9.69 Å². The summed E-state index contributed by atoms with van der Waals surface area (Å²) in [6.45, 7) is 1.07. The van der Waals surface area contributed by atoms with Crippen LogP contribution in [-0.4, -0.2) is 41.1 Å². The molecule has 4 heteroatoms. The minimum Gasteiger partial charge on any atom is -0.395 e. The molecule has 0 spiro atoms. The van der Waals surface area contributed by atoms with E-state index in [-0.39, 0.29) is 24.6 Å². The Morgan fingerprint density at radius 2 is 2.16 bits per heavy atom. The zero-order chi connectivity index (χ0) is 13.2.